The number of anilines is 1. The molecule has 1 amide bonds. The number of benzene rings is 2. The second-order valence-corrected chi connectivity index (χ2v) is 6.71. The summed E-state index contributed by atoms with van der Waals surface area (Å²) in [6.45, 7) is 1.78. The Hall–Kier alpha value is -3.34. The van der Waals surface area contributed by atoms with Crippen LogP contribution in [0, 0.1) is 0 Å². The molecular formula is C23H25N3O2. The average molecular weight is 375 g/mol. The van der Waals surface area contributed by atoms with Crippen molar-refractivity contribution in [1.82, 2.24) is 9.88 Å². The molecule has 0 fully saturated rings. The van der Waals surface area contributed by atoms with Crippen molar-refractivity contribution in [2.45, 2.75) is 13.0 Å². The molecule has 5 heteroatoms. The Morgan fingerprint density at radius 1 is 0.964 bits per heavy atom. The third-order valence-electron chi connectivity index (χ3n) is 4.61. The van der Waals surface area contributed by atoms with Crippen molar-refractivity contribution in [1.29, 1.82) is 0 Å². The van der Waals surface area contributed by atoms with Gasteiger partial charge in [0.2, 0.25) is 0 Å². The second kappa shape index (κ2) is 9.55. The van der Waals surface area contributed by atoms with Crippen molar-refractivity contribution in [3.63, 3.8) is 0 Å². The zero-order valence-electron chi connectivity index (χ0n) is 16.0. The van der Waals surface area contributed by atoms with Gasteiger partial charge in [0.15, 0.2) is 0 Å². The number of carbonyl (C=O) groups excluding carboxylic acids is 1. The minimum atomic E-state index is -0.324. The Balaban J connectivity index is 1.54. The third kappa shape index (κ3) is 5.10. The zero-order chi connectivity index (χ0) is 19.8. The van der Waals surface area contributed by atoms with Crippen LogP contribution in [-0.2, 0) is 6.54 Å². The summed E-state index contributed by atoms with van der Waals surface area (Å²) in [5, 5.41) is 2.86. The SMILES string of the molecule is CN(CCCNC(=O)c1cccn(Cc2ccccc2)c1=O)c1ccccc1. The van der Waals surface area contributed by atoms with E-state index in [9.17, 15) is 9.59 Å². The van der Waals surface area contributed by atoms with E-state index in [1.807, 2.05) is 55.6 Å². The number of aromatic nitrogens is 1. The summed E-state index contributed by atoms with van der Waals surface area (Å²) >= 11 is 0. The topological polar surface area (TPSA) is 54.3 Å². The van der Waals surface area contributed by atoms with E-state index in [0.717, 1.165) is 24.2 Å². The van der Waals surface area contributed by atoms with E-state index in [1.54, 1.807) is 22.9 Å². The Morgan fingerprint density at radius 3 is 2.36 bits per heavy atom. The molecule has 0 aliphatic heterocycles. The maximum Gasteiger partial charge on any atom is 0.263 e. The summed E-state index contributed by atoms with van der Waals surface area (Å²) in [4.78, 5) is 27.2. The van der Waals surface area contributed by atoms with E-state index in [2.05, 4.69) is 22.3 Å². The molecule has 2 aromatic carbocycles. The summed E-state index contributed by atoms with van der Waals surface area (Å²) < 4.78 is 1.56. The molecule has 3 aromatic rings. The molecule has 144 valence electrons. The van der Waals surface area contributed by atoms with Crippen LogP contribution in [0.5, 0.6) is 0 Å². The number of pyridine rings is 1. The fourth-order valence-electron chi connectivity index (χ4n) is 3.04. The van der Waals surface area contributed by atoms with Gasteiger partial charge < -0.3 is 14.8 Å². The number of para-hydroxylation sites is 1. The van der Waals surface area contributed by atoms with Gasteiger partial charge in [0, 0.05) is 32.0 Å². The molecule has 1 N–H and O–H groups in total. The van der Waals surface area contributed by atoms with Crippen molar-refractivity contribution in [3.8, 4) is 0 Å². The number of nitrogens with zero attached hydrogens (tertiary/aromatic N) is 2. The molecule has 0 radical (unpaired) electrons. The van der Waals surface area contributed by atoms with Crippen LogP contribution in [0.1, 0.15) is 22.3 Å². The van der Waals surface area contributed by atoms with Gasteiger partial charge >= 0.3 is 0 Å². The van der Waals surface area contributed by atoms with Crippen LogP contribution >= 0.6 is 0 Å². The van der Waals surface area contributed by atoms with Gasteiger partial charge in [-0.3, -0.25) is 9.59 Å². The van der Waals surface area contributed by atoms with Gasteiger partial charge in [-0.15, -0.1) is 0 Å². The van der Waals surface area contributed by atoms with Gasteiger partial charge in [-0.2, -0.15) is 0 Å². The van der Waals surface area contributed by atoms with Gasteiger partial charge in [-0.25, -0.2) is 0 Å². The van der Waals surface area contributed by atoms with Gasteiger partial charge in [0.1, 0.15) is 5.56 Å². The van der Waals surface area contributed by atoms with E-state index < -0.39 is 0 Å². The number of nitrogens with one attached hydrogen (secondary N) is 1. The van der Waals surface area contributed by atoms with Crippen molar-refractivity contribution in [2.24, 2.45) is 0 Å². The highest BCUT2D eigenvalue weighted by Gasteiger charge is 2.12. The van der Waals surface area contributed by atoms with E-state index in [1.165, 1.54) is 0 Å². The number of hydrogen-bond acceptors (Lipinski definition) is 3. The highest BCUT2D eigenvalue weighted by atomic mass is 16.2. The molecule has 0 aliphatic carbocycles. The van der Waals surface area contributed by atoms with Gasteiger partial charge in [-0.05, 0) is 36.2 Å². The molecule has 1 heterocycles. The van der Waals surface area contributed by atoms with E-state index >= 15 is 0 Å². The molecule has 0 saturated heterocycles. The molecule has 3 rings (SSSR count). The third-order valence-corrected chi connectivity index (χ3v) is 4.61. The molecule has 0 saturated carbocycles. The number of carbonyl (C=O) groups is 1. The maximum absolute atomic E-state index is 12.6. The van der Waals surface area contributed by atoms with Gasteiger partial charge in [-0.1, -0.05) is 48.5 Å². The van der Waals surface area contributed by atoms with Crippen molar-refractivity contribution in [2.75, 3.05) is 25.0 Å². The van der Waals surface area contributed by atoms with Crippen LogP contribution in [-0.4, -0.2) is 30.6 Å². The first-order valence-electron chi connectivity index (χ1n) is 9.43. The fourth-order valence-corrected chi connectivity index (χ4v) is 3.04. The van der Waals surface area contributed by atoms with E-state index in [0.29, 0.717) is 13.1 Å². The summed E-state index contributed by atoms with van der Waals surface area (Å²) in [6, 6.07) is 23.1. The Morgan fingerprint density at radius 2 is 1.64 bits per heavy atom. The lowest BCUT2D eigenvalue weighted by Gasteiger charge is -2.19. The van der Waals surface area contributed by atoms with Crippen LogP contribution in [0.3, 0.4) is 0 Å². The van der Waals surface area contributed by atoms with Gasteiger partial charge in [0.05, 0.1) is 6.54 Å². The van der Waals surface area contributed by atoms with Crippen LogP contribution in [0.15, 0.2) is 83.8 Å². The smallest absolute Gasteiger partial charge is 0.263 e. The van der Waals surface area contributed by atoms with E-state index in [-0.39, 0.29) is 17.0 Å². The van der Waals surface area contributed by atoms with E-state index in [4.69, 9.17) is 0 Å². The summed E-state index contributed by atoms with van der Waals surface area (Å²) in [5.74, 6) is -0.324. The summed E-state index contributed by atoms with van der Waals surface area (Å²) in [7, 11) is 2.02. The monoisotopic (exact) mass is 375 g/mol. The molecule has 0 aliphatic rings. The molecule has 28 heavy (non-hydrogen) atoms. The summed E-state index contributed by atoms with van der Waals surface area (Å²) in [5.41, 5.74) is 2.06. The maximum atomic E-state index is 12.6. The minimum absolute atomic E-state index is 0.176. The lowest BCUT2D eigenvalue weighted by atomic mass is 10.2. The molecular weight excluding hydrogens is 350 g/mol. The number of amides is 1. The van der Waals surface area contributed by atoms with Crippen molar-refractivity contribution < 1.29 is 4.79 Å². The highest BCUT2D eigenvalue weighted by molar-refractivity contribution is 5.93. The molecule has 0 unspecified atom stereocenters. The lowest BCUT2D eigenvalue weighted by molar-refractivity contribution is 0.0951. The quantitative estimate of drug-likeness (QED) is 0.616. The molecule has 5 nitrogen and oxygen atoms in total. The number of hydrogen-bond donors (Lipinski definition) is 1. The normalized spacial score (nSPS) is 10.5. The highest BCUT2D eigenvalue weighted by Crippen LogP contribution is 2.10. The van der Waals surface area contributed by atoms with Crippen molar-refractivity contribution >= 4 is 11.6 Å². The molecule has 0 spiro atoms. The Kier molecular flexibility index (Phi) is 6.63. The number of rotatable bonds is 8. The van der Waals surface area contributed by atoms with Crippen LogP contribution in [0.2, 0.25) is 0 Å². The Labute approximate surface area is 165 Å². The first-order chi connectivity index (χ1) is 13.6. The fraction of sp³-hybridized carbons (Fsp3) is 0.217. The van der Waals surface area contributed by atoms with Crippen LogP contribution in [0.25, 0.3) is 0 Å². The molecule has 1 aromatic heterocycles. The first kappa shape index (κ1) is 19.4. The Bertz CT molecular complexity index is 952. The first-order valence-corrected chi connectivity index (χ1v) is 9.43. The standard InChI is InChI=1S/C23H25N3O2/c1-25(20-12-6-3-7-13-20)16-9-15-24-22(27)21-14-8-17-26(23(21)28)18-19-10-4-2-5-11-19/h2-8,10-14,17H,9,15-16,18H2,1H3,(H,24,27). The predicted molar refractivity (Wildman–Crippen MR) is 113 cm³/mol. The average Bonchev–Trinajstić information content (AvgIpc) is 2.74. The molecule has 0 atom stereocenters. The minimum Gasteiger partial charge on any atom is -0.375 e. The second-order valence-electron chi connectivity index (χ2n) is 6.71. The van der Waals surface area contributed by atoms with Crippen LogP contribution in [0.4, 0.5) is 5.69 Å². The summed E-state index contributed by atoms with van der Waals surface area (Å²) in [6.07, 6.45) is 2.50. The zero-order valence-corrected chi connectivity index (χ0v) is 16.0. The molecule has 0 bridgehead atoms. The lowest BCUT2D eigenvalue weighted by Crippen LogP contribution is -2.34. The van der Waals surface area contributed by atoms with Crippen LogP contribution < -0.4 is 15.8 Å². The van der Waals surface area contributed by atoms with Crippen molar-refractivity contribution in [3.05, 3.63) is 100 Å². The van der Waals surface area contributed by atoms with Gasteiger partial charge in [0.25, 0.3) is 11.5 Å². The predicted octanol–water partition coefficient (Wildman–Crippen LogP) is 3.15. The largest absolute Gasteiger partial charge is 0.375 e.